The standard InChI is InChI=1S/C17H20N4O3/c1-10-5-11(2)20-16(23)15(10)17(24)21-8-12(14(22)9-21)6-13-7-18-3-4-19-13/h3-5,7,12,14,22H,6,8-9H2,1-2H3,(H,20,23)/t12-,14-/m1/s1. The number of H-pyrrole nitrogens is 1. The maximum absolute atomic E-state index is 12.7. The molecule has 0 spiro atoms. The molecule has 0 radical (unpaired) electrons. The smallest absolute Gasteiger partial charge is 0.261 e. The van der Waals surface area contributed by atoms with E-state index in [1.807, 2.05) is 0 Å². The van der Waals surface area contributed by atoms with Crippen LogP contribution >= 0.6 is 0 Å². The first kappa shape index (κ1) is 16.3. The summed E-state index contributed by atoms with van der Waals surface area (Å²) < 4.78 is 0. The van der Waals surface area contributed by atoms with Crippen LogP contribution in [0.3, 0.4) is 0 Å². The third kappa shape index (κ3) is 3.21. The van der Waals surface area contributed by atoms with Gasteiger partial charge >= 0.3 is 0 Å². The number of aliphatic hydroxyl groups excluding tert-OH is 1. The van der Waals surface area contributed by atoms with Gasteiger partial charge in [0.15, 0.2) is 0 Å². The third-order valence-corrected chi connectivity index (χ3v) is 4.36. The summed E-state index contributed by atoms with van der Waals surface area (Å²) in [6, 6.07) is 1.78. The zero-order valence-electron chi connectivity index (χ0n) is 13.7. The highest BCUT2D eigenvalue weighted by Gasteiger charge is 2.35. The van der Waals surface area contributed by atoms with Crippen LogP contribution in [0.25, 0.3) is 0 Å². The maximum Gasteiger partial charge on any atom is 0.261 e. The molecule has 0 bridgehead atoms. The van der Waals surface area contributed by atoms with Gasteiger partial charge in [0, 0.05) is 43.3 Å². The highest BCUT2D eigenvalue weighted by atomic mass is 16.3. The van der Waals surface area contributed by atoms with Gasteiger partial charge in [-0.05, 0) is 31.9 Å². The summed E-state index contributed by atoms with van der Waals surface area (Å²) in [7, 11) is 0. The number of hydrogen-bond donors (Lipinski definition) is 2. The van der Waals surface area contributed by atoms with Crippen molar-refractivity contribution >= 4 is 5.91 Å². The SMILES string of the molecule is Cc1cc(C)c(C(=O)N2C[C@@H](Cc3cnccn3)[C@H](O)C2)c(=O)[nH]1. The number of carbonyl (C=O) groups is 1. The minimum absolute atomic E-state index is 0.115. The zero-order valence-corrected chi connectivity index (χ0v) is 13.7. The van der Waals surface area contributed by atoms with Gasteiger partial charge in [-0.15, -0.1) is 0 Å². The number of aryl methyl sites for hydroxylation is 2. The molecule has 0 saturated carbocycles. The Balaban J connectivity index is 1.77. The van der Waals surface area contributed by atoms with Crippen LogP contribution in [0.5, 0.6) is 0 Å². The molecule has 7 nitrogen and oxygen atoms in total. The number of rotatable bonds is 3. The molecule has 24 heavy (non-hydrogen) atoms. The fourth-order valence-corrected chi connectivity index (χ4v) is 3.20. The lowest BCUT2D eigenvalue weighted by atomic mass is 10.0. The van der Waals surface area contributed by atoms with E-state index in [4.69, 9.17) is 0 Å². The van der Waals surface area contributed by atoms with E-state index < -0.39 is 6.10 Å². The van der Waals surface area contributed by atoms with E-state index >= 15 is 0 Å². The molecule has 0 aromatic carbocycles. The van der Waals surface area contributed by atoms with Crippen molar-refractivity contribution in [1.29, 1.82) is 0 Å². The summed E-state index contributed by atoms with van der Waals surface area (Å²) in [6.07, 6.45) is 4.76. The van der Waals surface area contributed by atoms with Gasteiger partial charge in [-0.2, -0.15) is 0 Å². The molecule has 126 valence electrons. The number of amides is 1. The van der Waals surface area contributed by atoms with Gasteiger partial charge in [0.25, 0.3) is 11.5 Å². The molecular formula is C17H20N4O3. The van der Waals surface area contributed by atoms with Crippen molar-refractivity contribution < 1.29 is 9.90 Å². The largest absolute Gasteiger partial charge is 0.391 e. The molecule has 2 atom stereocenters. The van der Waals surface area contributed by atoms with Crippen LogP contribution in [0.15, 0.2) is 29.5 Å². The van der Waals surface area contributed by atoms with Crippen LogP contribution in [-0.2, 0) is 6.42 Å². The van der Waals surface area contributed by atoms with Crippen molar-refractivity contribution in [3.8, 4) is 0 Å². The summed E-state index contributed by atoms with van der Waals surface area (Å²) in [5.41, 5.74) is 1.90. The summed E-state index contributed by atoms with van der Waals surface area (Å²) in [5.74, 6) is -0.454. The monoisotopic (exact) mass is 328 g/mol. The zero-order chi connectivity index (χ0) is 17.3. The minimum Gasteiger partial charge on any atom is -0.391 e. The number of nitrogens with one attached hydrogen (secondary N) is 1. The number of pyridine rings is 1. The van der Waals surface area contributed by atoms with E-state index in [2.05, 4.69) is 15.0 Å². The van der Waals surface area contributed by atoms with Gasteiger partial charge in [0.1, 0.15) is 5.56 Å². The molecule has 3 heterocycles. The lowest BCUT2D eigenvalue weighted by Crippen LogP contribution is -2.34. The number of β-amino-alcohol motifs (C(OH)–C–C–N with tert-alkyl or cyclic N) is 1. The summed E-state index contributed by atoms with van der Waals surface area (Å²) in [4.78, 5) is 37.3. The molecule has 2 N–H and O–H groups in total. The number of hydrogen-bond acceptors (Lipinski definition) is 5. The maximum atomic E-state index is 12.7. The molecular weight excluding hydrogens is 308 g/mol. The average molecular weight is 328 g/mol. The Kier molecular flexibility index (Phi) is 4.44. The normalized spacial score (nSPS) is 20.4. The van der Waals surface area contributed by atoms with Crippen LogP contribution in [0.1, 0.15) is 27.3 Å². The van der Waals surface area contributed by atoms with Gasteiger partial charge in [-0.1, -0.05) is 0 Å². The van der Waals surface area contributed by atoms with Crippen LogP contribution in [0.2, 0.25) is 0 Å². The van der Waals surface area contributed by atoms with Crippen LogP contribution < -0.4 is 5.56 Å². The molecule has 0 aliphatic carbocycles. The highest BCUT2D eigenvalue weighted by molar-refractivity contribution is 5.95. The van der Waals surface area contributed by atoms with Crippen molar-refractivity contribution in [2.75, 3.05) is 13.1 Å². The van der Waals surface area contributed by atoms with Gasteiger partial charge < -0.3 is 15.0 Å². The molecule has 2 aromatic rings. The van der Waals surface area contributed by atoms with Crippen LogP contribution in [0.4, 0.5) is 0 Å². The molecule has 0 unspecified atom stereocenters. The highest BCUT2D eigenvalue weighted by Crippen LogP contribution is 2.22. The second kappa shape index (κ2) is 6.52. The topological polar surface area (TPSA) is 99.2 Å². The molecule has 1 aliphatic heterocycles. The Hall–Kier alpha value is -2.54. The number of nitrogens with zero attached hydrogens (tertiary/aromatic N) is 3. The van der Waals surface area contributed by atoms with Gasteiger partial charge in [-0.3, -0.25) is 19.6 Å². The van der Waals surface area contributed by atoms with Gasteiger partial charge in [0.2, 0.25) is 0 Å². The van der Waals surface area contributed by atoms with Crippen LogP contribution in [-0.4, -0.2) is 50.1 Å². The summed E-state index contributed by atoms with van der Waals surface area (Å²) in [5, 5.41) is 10.3. The van der Waals surface area contributed by atoms with Gasteiger partial charge in [-0.25, -0.2) is 0 Å². The van der Waals surface area contributed by atoms with E-state index in [-0.39, 0.29) is 29.5 Å². The Morgan fingerprint density at radius 3 is 2.83 bits per heavy atom. The molecule has 1 saturated heterocycles. The molecule has 7 heteroatoms. The second-order valence-electron chi connectivity index (χ2n) is 6.28. The lowest BCUT2D eigenvalue weighted by molar-refractivity contribution is 0.0762. The molecule has 1 fully saturated rings. The average Bonchev–Trinajstić information content (AvgIpc) is 2.88. The molecule has 1 amide bonds. The minimum atomic E-state index is -0.638. The summed E-state index contributed by atoms with van der Waals surface area (Å²) in [6.45, 7) is 4.14. The van der Waals surface area contributed by atoms with E-state index in [1.54, 1.807) is 43.4 Å². The van der Waals surface area contributed by atoms with E-state index in [0.717, 1.165) is 11.4 Å². The second-order valence-corrected chi connectivity index (χ2v) is 6.28. The molecule has 3 rings (SSSR count). The van der Waals surface area contributed by atoms with Crippen molar-refractivity contribution in [1.82, 2.24) is 19.9 Å². The molecule has 2 aromatic heterocycles. The Morgan fingerprint density at radius 1 is 1.38 bits per heavy atom. The fraction of sp³-hybridized carbons (Fsp3) is 0.412. The Bertz CT molecular complexity index is 803. The Morgan fingerprint density at radius 2 is 2.17 bits per heavy atom. The number of aromatic amines is 1. The first-order valence-corrected chi connectivity index (χ1v) is 7.88. The predicted octanol–water partition coefficient (Wildman–Crippen LogP) is 0.457. The van der Waals surface area contributed by atoms with E-state index in [9.17, 15) is 14.7 Å². The summed E-state index contributed by atoms with van der Waals surface area (Å²) >= 11 is 0. The number of aliphatic hydroxyl groups is 1. The molecule has 1 aliphatic rings. The lowest BCUT2D eigenvalue weighted by Gasteiger charge is -2.17. The third-order valence-electron chi connectivity index (χ3n) is 4.36. The first-order chi connectivity index (χ1) is 11.5. The number of aromatic nitrogens is 3. The Labute approximate surface area is 139 Å². The number of likely N-dealkylation sites (tertiary alicyclic amines) is 1. The first-order valence-electron chi connectivity index (χ1n) is 7.88. The van der Waals surface area contributed by atoms with Crippen molar-refractivity contribution in [2.24, 2.45) is 5.92 Å². The number of carbonyl (C=O) groups excluding carboxylic acids is 1. The van der Waals surface area contributed by atoms with Gasteiger partial charge in [0.05, 0.1) is 11.8 Å². The predicted molar refractivity (Wildman–Crippen MR) is 87.7 cm³/mol. The van der Waals surface area contributed by atoms with E-state index in [0.29, 0.717) is 18.5 Å². The quantitative estimate of drug-likeness (QED) is 0.853. The van der Waals surface area contributed by atoms with Crippen molar-refractivity contribution in [3.05, 3.63) is 57.5 Å². The van der Waals surface area contributed by atoms with Crippen molar-refractivity contribution in [2.45, 2.75) is 26.4 Å². The fourth-order valence-electron chi connectivity index (χ4n) is 3.20. The van der Waals surface area contributed by atoms with Crippen LogP contribution in [0, 0.1) is 19.8 Å². The van der Waals surface area contributed by atoms with Crippen molar-refractivity contribution in [3.63, 3.8) is 0 Å². The van der Waals surface area contributed by atoms with E-state index in [1.165, 1.54) is 0 Å².